The zero-order valence-corrected chi connectivity index (χ0v) is 14.3. The Hall–Kier alpha value is -3.02. The Morgan fingerprint density at radius 2 is 1.81 bits per heavy atom. The van der Waals surface area contributed by atoms with Crippen LogP contribution in [0.4, 0.5) is 10.5 Å². The second-order valence-electron chi connectivity index (χ2n) is 6.65. The van der Waals surface area contributed by atoms with Crippen LogP contribution in [-0.2, 0) is 0 Å². The van der Waals surface area contributed by atoms with E-state index in [0.717, 1.165) is 24.2 Å². The van der Waals surface area contributed by atoms with Gasteiger partial charge in [-0.15, -0.1) is 0 Å². The van der Waals surface area contributed by atoms with Crippen molar-refractivity contribution in [2.24, 2.45) is 0 Å². The van der Waals surface area contributed by atoms with Crippen molar-refractivity contribution in [2.45, 2.75) is 31.3 Å². The van der Waals surface area contributed by atoms with Crippen molar-refractivity contribution in [3.8, 4) is 5.75 Å². The van der Waals surface area contributed by atoms with Crippen molar-refractivity contribution >= 4 is 17.6 Å². The van der Waals surface area contributed by atoms with E-state index in [0.29, 0.717) is 30.3 Å². The van der Waals surface area contributed by atoms with Gasteiger partial charge in [-0.1, -0.05) is 24.3 Å². The van der Waals surface area contributed by atoms with Crippen molar-refractivity contribution in [1.82, 2.24) is 10.6 Å². The summed E-state index contributed by atoms with van der Waals surface area (Å²) in [4.78, 5) is 24.5. The van der Waals surface area contributed by atoms with Gasteiger partial charge in [-0.3, -0.25) is 4.79 Å². The van der Waals surface area contributed by atoms with Gasteiger partial charge in [-0.25, -0.2) is 4.79 Å². The van der Waals surface area contributed by atoms with Gasteiger partial charge >= 0.3 is 6.03 Å². The third-order valence-corrected chi connectivity index (χ3v) is 4.56. The second kappa shape index (κ2) is 7.07. The predicted octanol–water partition coefficient (Wildman–Crippen LogP) is 3.22. The predicted molar refractivity (Wildman–Crippen MR) is 98.4 cm³/mol. The summed E-state index contributed by atoms with van der Waals surface area (Å²) in [5.74, 6) is 0.706. The van der Waals surface area contributed by atoms with Gasteiger partial charge in [0.2, 0.25) is 0 Å². The summed E-state index contributed by atoms with van der Waals surface area (Å²) in [7, 11) is 0. The normalized spacial score (nSPS) is 18.2. The summed E-state index contributed by atoms with van der Waals surface area (Å²) in [6.45, 7) is 0.568. The zero-order chi connectivity index (χ0) is 17.9. The summed E-state index contributed by atoms with van der Waals surface area (Å²) in [5, 5.41) is 8.74. The van der Waals surface area contributed by atoms with Crippen LogP contribution in [0.25, 0.3) is 0 Å². The molecule has 1 atom stereocenters. The molecule has 6 nitrogen and oxygen atoms in total. The van der Waals surface area contributed by atoms with Crippen LogP contribution in [0.2, 0.25) is 0 Å². The van der Waals surface area contributed by atoms with E-state index in [1.54, 1.807) is 24.3 Å². The van der Waals surface area contributed by atoms with Crippen molar-refractivity contribution in [3.63, 3.8) is 0 Å². The molecule has 26 heavy (non-hydrogen) atoms. The molecule has 1 fully saturated rings. The van der Waals surface area contributed by atoms with Gasteiger partial charge < -0.3 is 20.7 Å². The number of hydrogen-bond acceptors (Lipinski definition) is 3. The minimum absolute atomic E-state index is 0.0960. The standard InChI is InChI=1S/C20H21N3O3/c24-19(21-14-8-9-14)13-4-3-5-15(12-13)22-20(25)23-17-10-11-26-18-7-2-1-6-16(17)18/h1-7,12,14,17H,8-11H2,(H,21,24)(H2,22,23,25)/t17-/m0/s1. The van der Waals surface area contributed by atoms with Crippen molar-refractivity contribution in [1.29, 1.82) is 0 Å². The monoisotopic (exact) mass is 351 g/mol. The lowest BCUT2D eigenvalue weighted by atomic mass is 10.0. The number of amides is 3. The largest absolute Gasteiger partial charge is 0.493 e. The first kappa shape index (κ1) is 16.4. The van der Waals surface area contributed by atoms with Crippen molar-refractivity contribution in [3.05, 3.63) is 59.7 Å². The number of urea groups is 1. The van der Waals surface area contributed by atoms with E-state index in [1.807, 2.05) is 24.3 Å². The molecule has 0 radical (unpaired) electrons. The maximum Gasteiger partial charge on any atom is 0.319 e. The van der Waals surface area contributed by atoms with Gasteiger partial charge in [0.15, 0.2) is 0 Å². The number of rotatable bonds is 4. The van der Waals surface area contributed by atoms with Crippen molar-refractivity contribution < 1.29 is 14.3 Å². The Bertz CT molecular complexity index is 833. The van der Waals surface area contributed by atoms with Crippen LogP contribution in [-0.4, -0.2) is 24.6 Å². The molecule has 2 aromatic rings. The maximum atomic E-state index is 12.4. The van der Waals surface area contributed by atoms with Gasteiger partial charge in [0.25, 0.3) is 5.91 Å². The fourth-order valence-electron chi connectivity index (χ4n) is 3.05. The van der Waals surface area contributed by atoms with E-state index in [4.69, 9.17) is 4.74 Å². The number of nitrogens with one attached hydrogen (secondary N) is 3. The van der Waals surface area contributed by atoms with Crippen molar-refractivity contribution in [2.75, 3.05) is 11.9 Å². The summed E-state index contributed by atoms with van der Waals surface area (Å²) in [6, 6.07) is 14.6. The average molecular weight is 351 g/mol. The summed E-state index contributed by atoms with van der Waals surface area (Å²) in [5.41, 5.74) is 2.11. The zero-order valence-electron chi connectivity index (χ0n) is 14.3. The number of carbonyl (C=O) groups is 2. The van der Waals surface area contributed by atoms with Crippen LogP contribution in [0.5, 0.6) is 5.75 Å². The Balaban J connectivity index is 1.40. The molecule has 1 aliphatic carbocycles. The molecule has 4 rings (SSSR count). The number of benzene rings is 2. The fourth-order valence-corrected chi connectivity index (χ4v) is 3.05. The maximum absolute atomic E-state index is 12.4. The number of fused-ring (bicyclic) bond motifs is 1. The molecule has 2 aromatic carbocycles. The lowest BCUT2D eigenvalue weighted by molar-refractivity contribution is 0.0951. The summed E-state index contributed by atoms with van der Waals surface area (Å²) < 4.78 is 5.62. The number of para-hydroxylation sites is 1. The number of anilines is 1. The number of carbonyl (C=O) groups excluding carboxylic acids is 2. The first-order valence-corrected chi connectivity index (χ1v) is 8.89. The average Bonchev–Trinajstić information content (AvgIpc) is 3.46. The van der Waals surface area contributed by atoms with E-state index < -0.39 is 0 Å². The first-order valence-electron chi connectivity index (χ1n) is 8.89. The lowest BCUT2D eigenvalue weighted by Crippen LogP contribution is -2.35. The molecule has 6 heteroatoms. The molecule has 1 aliphatic heterocycles. The Morgan fingerprint density at radius 3 is 2.65 bits per heavy atom. The number of hydrogen-bond donors (Lipinski definition) is 3. The SMILES string of the molecule is O=C(Nc1cccc(C(=O)NC2CC2)c1)N[C@H]1CCOc2ccccc21. The molecule has 0 spiro atoms. The topological polar surface area (TPSA) is 79.5 Å². The number of ether oxygens (including phenoxy) is 1. The fraction of sp³-hybridized carbons (Fsp3) is 0.300. The second-order valence-corrected chi connectivity index (χ2v) is 6.65. The highest BCUT2D eigenvalue weighted by Gasteiger charge is 2.24. The molecule has 3 N–H and O–H groups in total. The van der Waals surface area contributed by atoms with E-state index in [2.05, 4.69) is 16.0 Å². The molecular weight excluding hydrogens is 330 g/mol. The minimum Gasteiger partial charge on any atom is -0.493 e. The smallest absolute Gasteiger partial charge is 0.319 e. The van der Waals surface area contributed by atoms with Crippen LogP contribution in [0.3, 0.4) is 0 Å². The minimum atomic E-state index is -0.300. The van der Waals surface area contributed by atoms with Crippen LogP contribution < -0.4 is 20.7 Å². The highest BCUT2D eigenvalue weighted by atomic mass is 16.5. The lowest BCUT2D eigenvalue weighted by Gasteiger charge is -2.26. The van der Waals surface area contributed by atoms with E-state index in [-0.39, 0.29) is 18.0 Å². The molecule has 0 saturated heterocycles. The van der Waals surface area contributed by atoms with Gasteiger partial charge in [0.05, 0.1) is 12.6 Å². The Labute approximate surface area is 151 Å². The molecule has 1 heterocycles. The quantitative estimate of drug-likeness (QED) is 0.791. The van der Waals surface area contributed by atoms with E-state index in [9.17, 15) is 9.59 Å². The van der Waals surface area contributed by atoms with Gasteiger partial charge in [-0.05, 0) is 37.1 Å². The molecule has 0 bridgehead atoms. The van der Waals surface area contributed by atoms with Gasteiger partial charge in [0.1, 0.15) is 5.75 Å². The van der Waals surface area contributed by atoms with Crippen LogP contribution >= 0.6 is 0 Å². The molecule has 1 saturated carbocycles. The molecule has 2 aliphatic rings. The van der Waals surface area contributed by atoms with E-state index >= 15 is 0 Å². The molecular formula is C20H21N3O3. The first-order chi connectivity index (χ1) is 12.7. The van der Waals surface area contributed by atoms with Crippen LogP contribution in [0.1, 0.15) is 41.2 Å². The molecule has 134 valence electrons. The summed E-state index contributed by atoms with van der Waals surface area (Å²) in [6.07, 6.45) is 2.80. The Morgan fingerprint density at radius 1 is 0.962 bits per heavy atom. The third-order valence-electron chi connectivity index (χ3n) is 4.56. The highest BCUT2D eigenvalue weighted by molar-refractivity contribution is 5.97. The van der Waals surface area contributed by atoms with E-state index in [1.165, 1.54) is 0 Å². The molecule has 0 aromatic heterocycles. The molecule has 3 amide bonds. The van der Waals surface area contributed by atoms with Crippen LogP contribution in [0.15, 0.2) is 48.5 Å². The molecule has 0 unspecified atom stereocenters. The highest BCUT2D eigenvalue weighted by Crippen LogP contribution is 2.31. The Kier molecular flexibility index (Phi) is 4.48. The van der Waals surface area contributed by atoms with Gasteiger partial charge in [0, 0.05) is 29.3 Å². The summed E-state index contributed by atoms with van der Waals surface area (Å²) >= 11 is 0. The van der Waals surface area contributed by atoms with Crippen LogP contribution in [0, 0.1) is 0 Å². The third kappa shape index (κ3) is 3.79. The van der Waals surface area contributed by atoms with Gasteiger partial charge in [-0.2, -0.15) is 0 Å².